The van der Waals surface area contributed by atoms with Crippen LogP contribution in [0.4, 0.5) is 23.8 Å². The number of alkyl halides is 3. The summed E-state index contributed by atoms with van der Waals surface area (Å²) >= 11 is 0. The second-order valence-corrected chi connectivity index (χ2v) is 8.54. The second-order valence-electron chi connectivity index (χ2n) is 8.54. The Morgan fingerprint density at radius 3 is 2.51 bits per heavy atom. The van der Waals surface area contributed by atoms with Crippen molar-refractivity contribution in [3.8, 4) is 11.3 Å². The van der Waals surface area contributed by atoms with Gasteiger partial charge in [-0.1, -0.05) is 0 Å². The summed E-state index contributed by atoms with van der Waals surface area (Å²) in [6.45, 7) is 1.80. The van der Waals surface area contributed by atoms with Crippen LogP contribution in [0.2, 0.25) is 0 Å². The number of fused-ring (bicyclic) bond motifs is 1. The minimum atomic E-state index is -4.59. The van der Waals surface area contributed by atoms with Crippen molar-refractivity contribution < 1.29 is 32.3 Å². The van der Waals surface area contributed by atoms with E-state index in [1.807, 2.05) is 0 Å². The van der Waals surface area contributed by atoms with Gasteiger partial charge in [-0.05, 0) is 25.5 Å². The quantitative estimate of drug-likeness (QED) is 0.604. The number of nitrogens with one attached hydrogen (secondary N) is 1. The molecule has 37 heavy (non-hydrogen) atoms. The maximum absolute atomic E-state index is 13.0. The summed E-state index contributed by atoms with van der Waals surface area (Å²) in [5.74, 6) is -1.60. The molecule has 4 heterocycles. The van der Waals surface area contributed by atoms with Gasteiger partial charge in [0.15, 0.2) is 18.0 Å². The van der Waals surface area contributed by atoms with Gasteiger partial charge in [0.25, 0.3) is 5.91 Å². The molecule has 4 amide bonds. The number of nitrogens with zero attached hydrogens (tertiary/aromatic N) is 7. The largest absolute Gasteiger partial charge is 0.433 e. The summed E-state index contributed by atoms with van der Waals surface area (Å²) < 4.78 is 39.0. The number of imide groups is 1. The van der Waals surface area contributed by atoms with E-state index in [9.17, 15) is 32.3 Å². The first-order chi connectivity index (χ1) is 17.4. The topological polar surface area (TPSA) is 141 Å². The number of likely N-dealkylation sites (N-methyl/N-ethyl adjacent to an activating group) is 1. The highest BCUT2D eigenvalue weighted by Crippen LogP contribution is 2.31. The zero-order valence-corrected chi connectivity index (χ0v) is 19.9. The van der Waals surface area contributed by atoms with Crippen LogP contribution in [0.15, 0.2) is 29.6 Å². The van der Waals surface area contributed by atoms with Gasteiger partial charge in [-0.3, -0.25) is 29.3 Å². The third-order valence-corrected chi connectivity index (χ3v) is 5.71. The molecule has 0 aromatic carbocycles. The second kappa shape index (κ2) is 9.55. The Balaban J connectivity index is 1.47. The number of aryl methyl sites for hydroxylation is 1. The summed E-state index contributed by atoms with van der Waals surface area (Å²) in [4.78, 5) is 68.9. The smallest absolute Gasteiger partial charge is 0.338 e. The van der Waals surface area contributed by atoms with Gasteiger partial charge in [0, 0.05) is 18.8 Å². The maximum Gasteiger partial charge on any atom is 0.433 e. The van der Waals surface area contributed by atoms with Crippen LogP contribution in [0, 0.1) is 6.92 Å². The van der Waals surface area contributed by atoms with E-state index in [1.165, 1.54) is 55.5 Å². The third-order valence-electron chi connectivity index (χ3n) is 5.71. The SMILES string of the molecule is CC(=O)CN1C(=O)C2C(N=CN2CC(=O)Nc2cncc(-c3cnc(C(F)(F)F)c(C)c3)n2)N(C)C1=O. The van der Waals surface area contributed by atoms with Crippen LogP contribution in [-0.2, 0) is 20.6 Å². The molecule has 0 spiro atoms. The number of ketones is 1. The van der Waals surface area contributed by atoms with Gasteiger partial charge in [0.1, 0.15) is 11.5 Å². The standard InChI is InChI=1S/C22H21F3N8O4/c1-11-4-13(5-27-18(11)22(23,24)25)14-6-26-7-15(29-14)30-16(35)9-32-10-28-19-17(32)20(36)33(8-12(2)34)21(37)31(19)3/h4-7,10,17,19H,8-9H2,1-3H3,(H,29,30,35). The molecule has 2 atom stereocenters. The zero-order chi connectivity index (χ0) is 27.1. The number of urea groups is 1. The first-order valence-electron chi connectivity index (χ1n) is 10.9. The monoisotopic (exact) mass is 518 g/mol. The molecule has 1 fully saturated rings. The van der Waals surface area contributed by atoms with Crippen molar-refractivity contribution in [1.82, 2.24) is 29.7 Å². The third kappa shape index (κ3) is 5.10. The molecule has 0 radical (unpaired) electrons. The van der Waals surface area contributed by atoms with Gasteiger partial charge in [0.05, 0.1) is 37.5 Å². The number of anilines is 1. The van der Waals surface area contributed by atoms with Gasteiger partial charge in [-0.25, -0.2) is 14.8 Å². The summed E-state index contributed by atoms with van der Waals surface area (Å²) in [6.07, 6.45) is -0.576. The molecule has 1 saturated heterocycles. The predicted octanol–water partition coefficient (Wildman–Crippen LogP) is 1.33. The maximum atomic E-state index is 13.0. The van der Waals surface area contributed by atoms with Gasteiger partial charge in [-0.2, -0.15) is 13.2 Å². The fraction of sp³-hybridized carbons (Fsp3) is 0.364. The molecule has 2 unspecified atom stereocenters. The number of amides is 4. The van der Waals surface area contributed by atoms with Crippen LogP contribution in [0.3, 0.4) is 0 Å². The van der Waals surface area contributed by atoms with Crippen LogP contribution >= 0.6 is 0 Å². The predicted molar refractivity (Wildman–Crippen MR) is 122 cm³/mol. The molecule has 0 saturated carbocycles. The Labute approximate surface area is 208 Å². The fourth-order valence-electron chi connectivity index (χ4n) is 4.05. The van der Waals surface area contributed by atoms with E-state index < -0.39 is 48.5 Å². The number of carbonyl (C=O) groups is 4. The van der Waals surface area contributed by atoms with Crippen LogP contribution in [-0.4, -0.2) is 92.0 Å². The molecule has 2 aromatic rings. The molecule has 194 valence electrons. The molecular formula is C22H21F3N8O4. The number of aliphatic imine (C=N–C) groups is 1. The highest BCUT2D eigenvalue weighted by atomic mass is 19.4. The first-order valence-corrected chi connectivity index (χ1v) is 10.9. The number of aromatic nitrogens is 3. The average Bonchev–Trinajstić information content (AvgIpc) is 3.23. The van der Waals surface area contributed by atoms with Crippen molar-refractivity contribution >= 4 is 35.8 Å². The molecule has 4 rings (SSSR count). The van der Waals surface area contributed by atoms with Crippen LogP contribution in [0.5, 0.6) is 0 Å². The molecule has 12 nitrogen and oxygen atoms in total. The average molecular weight is 518 g/mol. The summed E-state index contributed by atoms with van der Waals surface area (Å²) in [5, 5.41) is 2.53. The summed E-state index contributed by atoms with van der Waals surface area (Å²) in [5.41, 5.74) is -0.642. The lowest BCUT2D eigenvalue weighted by Crippen LogP contribution is -2.65. The van der Waals surface area contributed by atoms with Gasteiger partial charge in [-0.15, -0.1) is 0 Å². The Morgan fingerprint density at radius 1 is 1.14 bits per heavy atom. The lowest BCUT2D eigenvalue weighted by Gasteiger charge is -2.40. The number of hydrogen-bond donors (Lipinski definition) is 1. The molecule has 2 aliphatic heterocycles. The number of halogens is 3. The van der Waals surface area contributed by atoms with Crippen molar-refractivity contribution in [3.05, 3.63) is 35.9 Å². The zero-order valence-electron chi connectivity index (χ0n) is 19.9. The minimum Gasteiger partial charge on any atom is -0.338 e. The molecule has 2 aromatic heterocycles. The number of carbonyl (C=O) groups excluding carboxylic acids is 4. The summed E-state index contributed by atoms with van der Waals surface area (Å²) in [6, 6.07) is -0.387. The molecule has 1 N–H and O–H groups in total. The number of pyridine rings is 1. The summed E-state index contributed by atoms with van der Waals surface area (Å²) in [7, 11) is 1.44. The van der Waals surface area contributed by atoms with E-state index in [1.54, 1.807) is 0 Å². The molecular weight excluding hydrogens is 497 g/mol. The van der Waals surface area contributed by atoms with Crippen LogP contribution in [0.1, 0.15) is 18.2 Å². The van der Waals surface area contributed by atoms with Gasteiger partial charge in [0.2, 0.25) is 5.91 Å². The highest BCUT2D eigenvalue weighted by molar-refractivity contribution is 6.05. The van der Waals surface area contributed by atoms with Crippen molar-refractivity contribution in [2.24, 2.45) is 4.99 Å². The number of hydrogen-bond acceptors (Lipinski definition) is 9. The first kappa shape index (κ1) is 25.7. The normalized spacial score (nSPS) is 19.4. The number of Topliss-reactive ketones (excluding diaryl/α,β-unsaturated/α-hetero) is 1. The van der Waals surface area contributed by atoms with Crippen LogP contribution in [0.25, 0.3) is 11.3 Å². The Kier molecular flexibility index (Phi) is 6.62. The number of rotatable bonds is 6. The van der Waals surface area contributed by atoms with E-state index in [0.717, 1.165) is 11.1 Å². The lowest BCUT2D eigenvalue weighted by atomic mass is 10.1. The van der Waals surface area contributed by atoms with Crippen molar-refractivity contribution in [2.75, 3.05) is 25.5 Å². The van der Waals surface area contributed by atoms with Gasteiger partial charge >= 0.3 is 12.2 Å². The van der Waals surface area contributed by atoms with E-state index in [-0.39, 0.29) is 35.0 Å². The molecule has 0 aliphatic carbocycles. The van der Waals surface area contributed by atoms with Gasteiger partial charge < -0.3 is 15.1 Å². The Hall–Kier alpha value is -4.43. The fourth-order valence-corrected chi connectivity index (χ4v) is 4.05. The van der Waals surface area contributed by atoms with E-state index in [2.05, 4.69) is 25.3 Å². The highest BCUT2D eigenvalue weighted by Gasteiger charge is 2.50. The molecule has 15 heteroatoms. The van der Waals surface area contributed by atoms with Crippen molar-refractivity contribution in [1.29, 1.82) is 0 Å². The van der Waals surface area contributed by atoms with E-state index >= 15 is 0 Å². The minimum absolute atomic E-state index is 0.0215. The van der Waals surface area contributed by atoms with Crippen LogP contribution < -0.4 is 5.32 Å². The Morgan fingerprint density at radius 2 is 1.86 bits per heavy atom. The van der Waals surface area contributed by atoms with E-state index in [4.69, 9.17) is 0 Å². The van der Waals surface area contributed by atoms with Crippen molar-refractivity contribution in [2.45, 2.75) is 32.2 Å². The Bertz CT molecular complexity index is 1320. The van der Waals surface area contributed by atoms with E-state index in [0.29, 0.717) is 0 Å². The molecule has 0 bridgehead atoms. The van der Waals surface area contributed by atoms with Crippen molar-refractivity contribution in [3.63, 3.8) is 0 Å². The molecule has 2 aliphatic rings. The lowest BCUT2D eigenvalue weighted by molar-refractivity contribution is -0.141.